The molecule has 0 radical (unpaired) electrons. The highest BCUT2D eigenvalue weighted by Crippen LogP contribution is 2.19. The van der Waals surface area contributed by atoms with Gasteiger partial charge in [0, 0.05) is 30.2 Å². The fraction of sp³-hybridized carbons (Fsp3) is 0.214. The standard InChI is InChI=1S/C14H15ClN2O/c1-10-7-12(15)3-4-13(10)16-14(18)8-11-5-6-17(2)9-11/h3-7,9H,8H2,1-2H3,(H,16,18). The molecule has 1 amide bonds. The Labute approximate surface area is 111 Å². The van der Waals surface area contributed by atoms with Crippen LogP contribution < -0.4 is 5.32 Å². The number of carbonyl (C=O) groups is 1. The highest BCUT2D eigenvalue weighted by atomic mass is 35.5. The number of hydrogen-bond donors (Lipinski definition) is 1. The molecule has 0 fully saturated rings. The Morgan fingerprint density at radius 2 is 2.17 bits per heavy atom. The maximum atomic E-state index is 11.9. The summed E-state index contributed by atoms with van der Waals surface area (Å²) in [5.74, 6) is -0.0216. The van der Waals surface area contributed by atoms with Gasteiger partial charge < -0.3 is 9.88 Å². The molecular formula is C14H15ClN2O. The highest BCUT2D eigenvalue weighted by Gasteiger charge is 2.07. The summed E-state index contributed by atoms with van der Waals surface area (Å²) in [6.45, 7) is 1.92. The zero-order valence-corrected chi connectivity index (χ0v) is 11.2. The average molecular weight is 263 g/mol. The van der Waals surface area contributed by atoms with Crippen LogP contribution in [0.1, 0.15) is 11.1 Å². The van der Waals surface area contributed by atoms with Gasteiger partial charge in [-0.2, -0.15) is 0 Å². The van der Waals surface area contributed by atoms with E-state index in [0.29, 0.717) is 11.4 Å². The molecule has 0 aliphatic rings. The Kier molecular flexibility index (Phi) is 3.72. The number of amides is 1. The summed E-state index contributed by atoms with van der Waals surface area (Å²) in [6.07, 6.45) is 4.24. The minimum Gasteiger partial charge on any atom is -0.357 e. The molecule has 2 rings (SSSR count). The number of nitrogens with one attached hydrogen (secondary N) is 1. The first-order valence-electron chi connectivity index (χ1n) is 5.71. The summed E-state index contributed by atoms with van der Waals surface area (Å²) < 4.78 is 1.93. The lowest BCUT2D eigenvalue weighted by Crippen LogP contribution is -2.14. The molecule has 0 spiro atoms. The second-order valence-corrected chi connectivity index (χ2v) is 4.81. The van der Waals surface area contributed by atoms with Crippen LogP contribution in [0.4, 0.5) is 5.69 Å². The van der Waals surface area contributed by atoms with Gasteiger partial charge in [-0.05, 0) is 42.3 Å². The first kappa shape index (κ1) is 12.7. The van der Waals surface area contributed by atoms with E-state index < -0.39 is 0 Å². The second kappa shape index (κ2) is 5.27. The Bertz CT molecular complexity index is 575. The molecule has 3 nitrogen and oxygen atoms in total. The normalized spacial score (nSPS) is 10.4. The fourth-order valence-corrected chi connectivity index (χ4v) is 2.04. The average Bonchev–Trinajstić information content (AvgIpc) is 2.68. The quantitative estimate of drug-likeness (QED) is 0.906. The molecule has 0 saturated heterocycles. The van der Waals surface area contributed by atoms with Crippen LogP contribution in [0.15, 0.2) is 36.7 Å². The molecule has 1 aromatic carbocycles. The summed E-state index contributed by atoms with van der Waals surface area (Å²) in [5.41, 5.74) is 2.77. The Morgan fingerprint density at radius 3 is 2.78 bits per heavy atom. The Morgan fingerprint density at radius 1 is 1.39 bits per heavy atom. The summed E-state index contributed by atoms with van der Waals surface area (Å²) in [7, 11) is 1.94. The van der Waals surface area contributed by atoms with Crippen LogP contribution in [-0.2, 0) is 18.3 Å². The van der Waals surface area contributed by atoms with E-state index in [1.807, 2.05) is 49.1 Å². The SMILES string of the molecule is Cc1cc(Cl)ccc1NC(=O)Cc1ccn(C)c1. The molecule has 1 heterocycles. The summed E-state index contributed by atoms with van der Waals surface area (Å²) in [5, 5.41) is 3.56. The number of hydrogen-bond acceptors (Lipinski definition) is 1. The van der Waals surface area contributed by atoms with E-state index in [9.17, 15) is 4.79 Å². The number of nitrogens with zero attached hydrogens (tertiary/aromatic N) is 1. The smallest absolute Gasteiger partial charge is 0.228 e. The van der Waals surface area contributed by atoms with Gasteiger partial charge in [0.2, 0.25) is 5.91 Å². The first-order valence-corrected chi connectivity index (χ1v) is 6.09. The number of rotatable bonds is 3. The topological polar surface area (TPSA) is 34.0 Å². The molecule has 1 N–H and O–H groups in total. The lowest BCUT2D eigenvalue weighted by atomic mass is 10.2. The lowest BCUT2D eigenvalue weighted by Gasteiger charge is -2.08. The third kappa shape index (κ3) is 3.14. The van der Waals surface area contributed by atoms with Crippen molar-refractivity contribution in [3.63, 3.8) is 0 Å². The number of benzene rings is 1. The van der Waals surface area contributed by atoms with E-state index in [4.69, 9.17) is 11.6 Å². The monoisotopic (exact) mass is 262 g/mol. The van der Waals surface area contributed by atoms with Crippen molar-refractivity contribution in [2.75, 3.05) is 5.32 Å². The molecule has 0 aliphatic carbocycles. The number of aromatic nitrogens is 1. The molecule has 0 bridgehead atoms. The van der Waals surface area contributed by atoms with E-state index in [0.717, 1.165) is 16.8 Å². The molecule has 94 valence electrons. The molecule has 0 atom stereocenters. The third-order valence-electron chi connectivity index (χ3n) is 2.72. The molecule has 1 aromatic heterocycles. The van der Waals surface area contributed by atoms with E-state index in [2.05, 4.69) is 5.32 Å². The van der Waals surface area contributed by atoms with Gasteiger partial charge in [-0.1, -0.05) is 11.6 Å². The van der Waals surface area contributed by atoms with Gasteiger partial charge in [0.25, 0.3) is 0 Å². The minimum atomic E-state index is -0.0216. The molecular weight excluding hydrogens is 248 g/mol. The maximum absolute atomic E-state index is 11.9. The van der Waals surface area contributed by atoms with Crippen LogP contribution in [-0.4, -0.2) is 10.5 Å². The zero-order valence-electron chi connectivity index (χ0n) is 10.4. The van der Waals surface area contributed by atoms with Crippen molar-refractivity contribution in [2.24, 2.45) is 7.05 Å². The Balaban J connectivity index is 2.03. The molecule has 4 heteroatoms. The lowest BCUT2D eigenvalue weighted by molar-refractivity contribution is -0.115. The molecule has 0 saturated carbocycles. The fourth-order valence-electron chi connectivity index (χ4n) is 1.81. The van der Waals surface area contributed by atoms with Gasteiger partial charge in [-0.25, -0.2) is 0 Å². The number of aryl methyl sites for hydroxylation is 2. The van der Waals surface area contributed by atoms with Crippen molar-refractivity contribution in [3.8, 4) is 0 Å². The van der Waals surface area contributed by atoms with Gasteiger partial charge in [0.05, 0.1) is 6.42 Å². The molecule has 2 aromatic rings. The van der Waals surface area contributed by atoms with Crippen LogP contribution >= 0.6 is 11.6 Å². The van der Waals surface area contributed by atoms with Crippen molar-refractivity contribution in [1.29, 1.82) is 0 Å². The van der Waals surface area contributed by atoms with Gasteiger partial charge >= 0.3 is 0 Å². The van der Waals surface area contributed by atoms with Crippen LogP contribution in [0.5, 0.6) is 0 Å². The van der Waals surface area contributed by atoms with Crippen molar-refractivity contribution < 1.29 is 4.79 Å². The summed E-state index contributed by atoms with van der Waals surface area (Å²) >= 11 is 5.87. The first-order chi connectivity index (χ1) is 8.54. The third-order valence-corrected chi connectivity index (χ3v) is 2.96. The van der Waals surface area contributed by atoms with Crippen molar-refractivity contribution >= 4 is 23.2 Å². The zero-order chi connectivity index (χ0) is 13.1. The predicted octanol–water partition coefficient (Wildman–Crippen LogP) is 3.17. The van der Waals surface area contributed by atoms with Crippen molar-refractivity contribution in [1.82, 2.24) is 4.57 Å². The summed E-state index contributed by atoms with van der Waals surface area (Å²) in [4.78, 5) is 11.9. The second-order valence-electron chi connectivity index (χ2n) is 4.37. The van der Waals surface area contributed by atoms with Gasteiger partial charge in [-0.3, -0.25) is 4.79 Å². The van der Waals surface area contributed by atoms with Crippen LogP contribution in [0.3, 0.4) is 0 Å². The largest absolute Gasteiger partial charge is 0.357 e. The van der Waals surface area contributed by atoms with Crippen molar-refractivity contribution in [3.05, 3.63) is 52.8 Å². The van der Waals surface area contributed by atoms with E-state index >= 15 is 0 Å². The van der Waals surface area contributed by atoms with Gasteiger partial charge in [-0.15, -0.1) is 0 Å². The molecule has 18 heavy (non-hydrogen) atoms. The van der Waals surface area contributed by atoms with Crippen LogP contribution in [0.2, 0.25) is 5.02 Å². The van der Waals surface area contributed by atoms with E-state index in [1.165, 1.54) is 0 Å². The maximum Gasteiger partial charge on any atom is 0.228 e. The molecule has 0 aliphatic heterocycles. The van der Waals surface area contributed by atoms with E-state index in [1.54, 1.807) is 6.07 Å². The number of halogens is 1. The number of anilines is 1. The van der Waals surface area contributed by atoms with E-state index in [-0.39, 0.29) is 5.91 Å². The minimum absolute atomic E-state index is 0.0216. The van der Waals surface area contributed by atoms with Gasteiger partial charge in [0.1, 0.15) is 0 Å². The van der Waals surface area contributed by atoms with Crippen LogP contribution in [0, 0.1) is 6.92 Å². The number of carbonyl (C=O) groups excluding carboxylic acids is 1. The summed E-state index contributed by atoms with van der Waals surface area (Å²) in [6, 6.07) is 7.36. The molecule has 0 unspecified atom stereocenters. The Hall–Kier alpha value is -1.74. The predicted molar refractivity (Wildman–Crippen MR) is 73.9 cm³/mol. The van der Waals surface area contributed by atoms with Crippen molar-refractivity contribution in [2.45, 2.75) is 13.3 Å². The highest BCUT2D eigenvalue weighted by molar-refractivity contribution is 6.30. The van der Waals surface area contributed by atoms with Gasteiger partial charge in [0.15, 0.2) is 0 Å². The van der Waals surface area contributed by atoms with Crippen LogP contribution in [0.25, 0.3) is 0 Å².